The Hall–Kier alpha value is -4.09. The molecule has 0 fully saturated rings. The highest BCUT2D eigenvalue weighted by Gasteiger charge is 2.15. The Morgan fingerprint density at radius 2 is 1.90 bits per heavy atom. The number of benzene rings is 2. The van der Waals surface area contributed by atoms with Gasteiger partial charge in [0.2, 0.25) is 5.91 Å². The molecule has 2 aromatic carbocycles. The number of nitrogens with zero attached hydrogens (tertiary/aromatic N) is 5. The molecule has 2 heterocycles. The zero-order valence-corrected chi connectivity index (χ0v) is 23.8. The van der Waals surface area contributed by atoms with Gasteiger partial charge in [0.1, 0.15) is 11.6 Å². The lowest BCUT2D eigenvalue weighted by atomic mass is 10.1. The SMILES string of the molecule is COc1cc(F)cc(N(CCNC(C)C)c2ccc3ncc(-c4cnn(CCCCCCC(=O)NO)c4)nc3c2)c1. The average molecular weight is 564 g/mol. The first-order valence-electron chi connectivity index (χ1n) is 13.9. The fraction of sp³-hybridized carbons (Fsp3) is 0.400. The predicted molar refractivity (Wildman–Crippen MR) is 157 cm³/mol. The summed E-state index contributed by atoms with van der Waals surface area (Å²) in [6.07, 6.45) is 9.37. The van der Waals surface area contributed by atoms with Gasteiger partial charge in [-0.05, 0) is 37.1 Å². The number of fused-ring (bicyclic) bond motifs is 1. The van der Waals surface area contributed by atoms with E-state index in [-0.39, 0.29) is 11.7 Å². The second-order valence-electron chi connectivity index (χ2n) is 10.2. The molecule has 10 nitrogen and oxygen atoms in total. The van der Waals surface area contributed by atoms with Gasteiger partial charge in [-0.25, -0.2) is 14.9 Å². The van der Waals surface area contributed by atoms with Crippen molar-refractivity contribution in [2.45, 2.75) is 58.5 Å². The molecule has 0 unspecified atom stereocenters. The highest BCUT2D eigenvalue weighted by Crippen LogP contribution is 2.31. The van der Waals surface area contributed by atoms with Crippen LogP contribution >= 0.6 is 0 Å². The third-order valence-corrected chi connectivity index (χ3v) is 6.72. The molecule has 4 rings (SSSR count). The number of amides is 1. The number of carbonyl (C=O) groups excluding carboxylic acids is 1. The predicted octanol–water partition coefficient (Wildman–Crippen LogP) is 5.23. The molecule has 0 saturated carbocycles. The molecule has 0 spiro atoms. The number of hydroxylamine groups is 1. The van der Waals surface area contributed by atoms with Crippen molar-refractivity contribution in [3.8, 4) is 17.0 Å². The minimum absolute atomic E-state index is 0.324. The zero-order valence-electron chi connectivity index (χ0n) is 23.8. The lowest BCUT2D eigenvalue weighted by Crippen LogP contribution is -2.32. The van der Waals surface area contributed by atoms with Gasteiger partial charge < -0.3 is 15.0 Å². The summed E-state index contributed by atoms with van der Waals surface area (Å²) in [5.41, 5.74) is 6.30. The maximum absolute atomic E-state index is 14.4. The van der Waals surface area contributed by atoms with Crippen molar-refractivity contribution < 1.29 is 19.1 Å². The van der Waals surface area contributed by atoms with Gasteiger partial charge in [-0.15, -0.1) is 0 Å². The highest BCUT2D eigenvalue weighted by atomic mass is 19.1. The van der Waals surface area contributed by atoms with Crippen LogP contribution in [0.1, 0.15) is 46.0 Å². The summed E-state index contributed by atoms with van der Waals surface area (Å²) in [7, 11) is 1.53. The van der Waals surface area contributed by atoms with Gasteiger partial charge in [0.05, 0.1) is 36.2 Å². The molecular weight excluding hydrogens is 525 g/mol. The lowest BCUT2D eigenvalue weighted by Gasteiger charge is -2.26. The molecular formula is C30H38FN7O3. The summed E-state index contributed by atoms with van der Waals surface area (Å²) >= 11 is 0. The van der Waals surface area contributed by atoms with Crippen LogP contribution in [-0.2, 0) is 11.3 Å². The molecule has 3 N–H and O–H groups in total. The monoisotopic (exact) mass is 563 g/mol. The molecule has 0 saturated heterocycles. The van der Waals surface area contributed by atoms with Gasteiger partial charge in [0, 0.05) is 67.4 Å². The maximum Gasteiger partial charge on any atom is 0.243 e. The number of methoxy groups -OCH3 is 1. The van der Waals surface area contributed by atoms with Crippen LogP contribution in [0.2, 0.25) is 0 Å². The first-order chi connectivity index (χ1) is 19.9. The lowest BCUT2D eigenvalue weighted by molar-refractivity contribution is -0.129. The molecule has 1 amide bonds. The van der Waals surface area contributed by atoms with E-state index in [0.717, 1.165) is 60.2 Å². The Morgan fingerprint density at radius 3 is 2.68 bits per heavy atom. The second kappa shape index (κ2) is 14.5. The van der Waals surface area contributed by atoms with E-state index < -0.39 is 0 Å². The molecule has 0 bridgehead atoms. The van der Waals surface area contributed by atoms with E-state index in [1.54, 1.807) is 17.9 Å². The number of nitrogens with one attached hydrogen (secondary N) is 2. The van der Waals surface area contributed by atoms with E-state index in [0.29, 0.717) is 37.0 Å². The van der Waals surface area contributed by atoms with Crippen molar-refractivity contribution in [2.24, 2.45) is 0 Å². The van der Waals surface area contributed by atoms with Crippen molar-refractivity contribution in [3.63, 3.8) is 0 Å². The van der Waals surface area contributed by atoms with E-state index in [1.807, 2.05) is 40.0 Å². The Labute approximate surface area is 239 Å². The van der Waals surface area contributed by atoms with Gasteiger partial charge in [0.25, 0.3) is 0 Å². The van der Waals surface area contributed by atoms with Crippen LogP contribution in [0, 0.1) is 5.82 Å². The standard InChI is InChI=1S/C30H38FN7O3/c1-21(2)32-11-13-38(25-14-23(31)15-26(16-25)41-3)24-9-10-27-28(17-24)35-29(19-33-27)22-18-34-37(20-22)12-7-5-4-6-8-30(39)36-40/h9-10,14-21,32,40H,4-8,11-13H2,1-3H3,(H,36,39). The number of ether oxygens (including phenoxy) is 1. The van der Waals surface area contributed by atoms with Gasteiger partial charge in [-0.3, -0.25) is 19.7 Å². The minimum Gasteiger partial charge on any atom is -0.497 e. The molecule has 11 heteroatoms. The molecule has 41 heavy (non-hydrogen) atoms. The maximum atomic E-state index is 14.4. The fourth-order valence-corrected chi connectivity index (χ4v) is 4.59. The Bertz CT molecular complexity index is 1440. The summed E-state index contributed by atoms with van der Waals surface area (Å²) in [5.74, 6) is -0.263. The molecule has 0 aliphatic rings. The van der Waals surface area contributed by atoms with Crippen molar-refractivity contribution in [3.05, 3.63) is 60.8 Å². The zero-order chi connectivity index (χ0) is 29.2. The first-order valence-corrected chi connectivity index (χ1v) is 13.9. The van der Waals surface area contributed by atoms with Gasteiger partial charge >= 0.3 is 0 Å². The molecule has 0 aliphatic carbocycles. The van der Waals surface area contributed by atoms with Gasteiger partial charge in [-0.1, -0.05) is 26.7 Å². The molecule has 0 atom stereocenters. The topological polar surface area (TPSA) is 117 Å². The molecule has 2 aromatic heterocycles. The number of hydrogen-bond acceptors (Lipinski definition) is 8. The Morgan fingerprint density at radius 1 is 1.07 bits per heavy atom. The Balaban J connectivity index is 1.51. The summed E-state index contributed by atoms with van der Waals surface area (Å²) in [6, 6.07) is 10.9. The minimum atomic E-state index is -0.366. The summed E-state index contributed by atoms with van der Waals surface area (Å²) in [4.78, 5) is 22.6. The van der Waals surface area contributed by atoms with Crippen molar-refractivity contribution >= 4 is 28.3 Å². The van der Waals surface area contributed by atoms with Crippen LogP contribution < -0.4 is 20.4 Å². The summed E-state index contributed by atoms with van der Waals surface area (Å²) in [6.45, 7) is 6.26. The Kier molecular flexibility index (Phi) is 10.6. The van der Waals surface area contributed by atoms with Crippen LogP contribution in [0.3, 0.4) is 0 Å². The number of carbonyl (C=O) groups is 1. The molecule has 4 aromatic rings. The average Bonchev–Trinajstić information content (AvgIpc) is 3.45. The van der Waals surface area contributed by atoms with Crippen LogP contribution in [0.5, 0.6) is 5.75 Å². The molecule has 218 valence electrons. The van der Waals surface area contributed by atoms with Crippen LogP contribution in [0.4, 0.5) is 15.8 Å². The largest absolute Gasteiger partial charge is 0.497 e. The van der Waals surface area contributed by atoms with E-state index in [1.165, 1.54) is 19.2 Å². The fourth-order valence-electron chi connectivity index (χ4n) is 4.59. The molecule has 0 radical (unpaired) electrons. The summed E-state index contributed by atoms with van der Waals surface area (Å²) < 4.78 is 21.6. The number of halogens is 1. The van der Waals surface area contributed by atoms with Crippen molar-refractivity contribution in [1.82, 2.24) is 30.5 Å². The number of anilines is 2. The van der Waals surface area contributed by atoms with Gasteiger partial charge in [-0.2, -0.15) is 5.10 Å². The van der Waals surface area contributed by atoms with E-state index in [4.69, 9.17) is 14.9 Å². The number of unbranched alkanes of at least 4 members (excludes halogenated alkanes) is 3. The normalized spacial score (nSPS) is 11.3. The summed E-state index contributed by atoms with van der Waals surface area (Å²) in [5, 5.41) is 16.5. The van der Waals surface area contributed by atoms with E-state index >= 15 is 0 Å². The van der Waals surface area contributed by atoms with E-state index in [9.17, 15) is 9.18 Å². The third-order valence-electron chi connectivity index (χ3n) is 6.72. The second-order valence-corrected chi connectivity index (χ2v) is 10.2. The number of aryl methyl sites for hydroxylation is 1. The quantitative estimate of drug-likeness (QED) is 0.102. The van der Waals surface area contributed by atoms with Crippen molar-refractivity contribution in [2.75, 3.05) is 25.1 Å². The van der Waals surface area contributed by atoms with Crippen molar-refractivity contribution in [1.29, 1.82) is 0 Å². The third kappa shape index (κ3) is 8.45. The smallest absolute Gasteiger partial charge is 0.243 e. The number of rotatable bonds is 15. The number of aromatic nitrogens is 4. The first kappa shape index (κ1) is 29.9. The van der Waals surface area contributed by atoms with Crippen LogP contribution in [-0.4, -0.2) is 57.1 Å². The van der Waals surface area contributed by atoms with E-state index in [2.05, 4.69) is 29.2 Å². The van der Waals surface area contributed by atoms with Gasteiger partial charge in [0.15, 0.2) is 0 Å². The van der Waals surface area contributed by atoms with Crippen LogP contribution in [0.15, 0.2) is 55.0 Å². The van der Waals surface area contributed by atoms with Crippen LogP contribution in [0.25, 0.3) is 22.3 Å². The molecule has 0 aliphatic heterocycles. The number of hydrogen-bond donors (Lipinski definition) is 3. The highest BCUT2D eigenvalue weighted by molar-refractivity contribution is 5.82.